The fraction of sp³-hybridized carbons (Fsp3) is 0.737. The van der Waals surface area contributed by atoms with Crippen LogP contribution in [0.25, 0.3) is 0 Å². The second kappa shape index (κ2) is 11.2. The first-order valence-electron chi connectivity index (χ1n) is 9.89. The van der Waals surface area contributed by atoms with E-state index in [2.05, 4.69) is 34.5 Å². The highest BCUT2D eigenvalue weighted by Gasteiger charge is 2.22. The van der Waals surface area contributed by atoms with E-state index in [-0.39, 0.29) is 5.91 Å². The van der Waals surface area contributed by atoms with Gasteiger partial charge in [0.1, 0.15) is 0 Å². The van der Waals surface area contributed by atoms with Crippen LogP contribution < -0.4 is 10.6 Å². The lowest BCUT2D eigenvalue weighted by Crippen LogP contribution is -2.44. The Labute approximate surface area is 161 Å². The number of nitrogens with one attached hydrogen (secondary N) is 2. The molecule has 2 rings (SSSR count). The average Bonchev–Trinajstić information content (AvgIpc) is 3.10. The third-order valence-electron chi connectivity index (χ3n) is 4.64. The Morgan fingerprint density at radius 1 is 1.38 bits per heavy atom. The van der Waals surface area contributed by atoms with Gasteiger partial charge < -0.3 is 15.5 Å². The topological polar surface area (TPSA) is 69.6 Å². The van der Waals surface area contributed by atoms with Crippen molar-refractivity contribution in [1.82, 2.24) is 20.5 Å². The molecule has 1 unspecified atom stereocenters. The molecule has 0 saturated carbocycles. The number of piperidine rings is 1. The Morgan fingerprint density at radius 2 is 2.23 bits per heavy atom. The molecule has 0 spiro atoms. The molecule has 6 nitrogen and oxygen atoms in total. The van der Waals surface area contributed by atoms with Crippen LogP contribution in [0.1, 0.15) is 56.3 Å². The molecule has 1 amide bonds. The SMILES string of the molecule is CCNC(=NCCc1ncc(CC)s1)NCCC(=O)N1CCCCC1C. The molecule has 0 aliphatic carbocycles. The van der Waals surface area contributed by atoms with Gasteiger partial charge in [0.2, 0.25) is 5.91 Å². The molecular weight excluding hydrogens is 346 g/mol. The highest BCUT2D eigenvalue weighted by atomic mass is 32.1. The molecule has 1 fully saturated rings. The quantitative estimate of drug-likeness (QED) is 0.538. The van der Waals surface area contributed by atoms with Gasteiger partial charge in [-0.1, -0.05) is 6.92 Å². The van der Waals surface area contributed by atoms with Crippen LogP contribution >= 0.6 is 11.3 Å². The van der Waals surface area contributed by atoms with Crippen LogP contribution in [0.4, 0.5) is 0 Å². The first-order chi connectivity index (χ1) is 12.6. The van der Waals surface area contributed by atoms with Crippen LogP contribution in [0.3, 0.4) is 0 Å². The van der Waals surface area contributed by atoms with Crippen molar-refractivity contribution in [2.24, 2.45) is 4.99 Å². The van der Waals surface area contributed by atoms with Crippen molar-refractivity contribution < 1.29 is 4.79 Å². The van der Waals surface area contributed by atoms with Crippen molar-refractivity contribution >= 4 is 23.2 Å². The van der Waals surface area contributed by atoms with Gasteiger partial charge in [-0.05, 0) is 39.5 Å². The monoisotopic (exact) mass is 379 g/mol. The highest BCUT2D eigenvalue weighted by Crippen LogP contribution is 2.17. The lowest BCUT2D eigenvalue weighted by atomic mass is 10.0. The summed E-state index contributed by atoms with van der Waals surface area (Å²) < 4.78 is 0. The van der Waals surface area contributed by atoms with Crippen LogP contribution in [0.2, 0.25) is 0 Å². The fourth-order valence-electron chi connectivity index (χ4n) is 3.13. The summed E-state index contributed by atoms with van der Waals surface area (Å²) in [5, 5.41) is 7.66. The number of carbonyl (C=O) groups is 1. The van der Waals surface area contributed by atoms with Gasteiger partial charge in [0.05, 0.1) is 5.01 Å². The predicted octanol–water partition coefficient (Wildman–Crippen LogP) is 2.59. The van der Waals surface area contributed by atoms with Gasteiger partial charge in [-0.15, -0.1) is 11.3 Å². The van der Waals surface area contributed by atoms with Crippen molar-refractivity contribution in [3.05, 3.63) is 16.1 Å². The van der Waals surface area contributed by atoms with Gasteiger partial charge in [0, 0.05) is 56.1 Å². The number of rotatable bonds is 8. The molecule has 0 radical (unpaired) electrons. The molecule has 1 aromatic heterocycles. The van der Waals surface area contributed by atoms with E-state index < -0.39 is 0 Å². The molecule has 146 valence electrons. The summed E-state index contributed by atoms with van der Waals surface area (Å²) in [5.74, 6) is 1.02. The summed E-state index contributed by atoms with van der Waals surface area (Å²) in [4.78, 5) is 24.8. The first-order valence-corrected chi connectivity index (χ1v) is 10.7. The molecule has 2 heterocycles. The van der Waals surface area contributed by atoms with Crippen molar-refractivity contribution in [1.29, 1.82) is 0 Å². The maximum Gasteiger partial charge on any atom is 0.224 e. The molecule has 0 aromatic carbocycles. The number of guanidine groups is 1. The van der Waals surface area contributed by atoms with Gasteiger partial charge in [-0.3, -0.25) is 9.79 Å². The number of thiazole rings is 1. The summed E-state index contributed by atoms with van der Waals surface area (Å²) >= 11 is 1.76. The summed E-state index contributed by atoms with van der Waals surface area (Å²) in [6.07, 6.45) is 7.85. The molecule has 1 saturated heterocycles. The third kappa shape index (κ3) is 6.59. The van der Waals surface area contributed by atoms with Gasteiger partial charge in [0.15, 0.2) is 5.96 Å². The summed E-state index contributed by atoms with van der Waals surface area (Å²) in [6.45, 7) is 9.37. The predicted molar refractivity (Wildman–Crippen MR) is 109 cm³/mol. The smallest absolute Gasteiger partial charge is 0.224 e. The molecule has 7 heteroatoms. The molecule has 26 heavy (non-hydrogen) atoms. The van der Waals surface area contributed by atoms with Crippen molar-refractivity contribution in [3.63, 3.8) is 0 Å². The fourth-order valence-corrected chi connectivity index (χ4v) is 3.98. The molecule has 1 aromatic rings. The maximum atomic E-state index is 12.4. The summed E-state index contributed by atoms with van der Waals surface area (Å²) in [5.41, 5.74) is 0. The van der Waals surface area contributed by atoms with E-state index in [4.69, 9.17) is 0 Å². The molecule has 0 bridgehead atoms. The number of aromatic nitrogens is 1. The molecular formula is C19H33N5OS. The van der Waals surface area contributed by atoms with E-state index in [0.717, 1.165) is 49.7 Å². The van der Waals surface area contributed by atoms with Crippen LogP contribution in [-0.4, -0.2) is 54.0 Å². The Balaban J connectivity index is 1.74. The van der Waals surface area contributed by atoms with Gasteiger partial charge >= 0.3 is 0 Å². The number of nitrogens with zero attached hydrogens (tertiary/aromatic N) is 3. The number of likely N-dealkylation sites (tertiary alicyclic amines) is 1. The Kier molecular flexibility index (Phi) is 8.88. The second-order valence-corrected chi connectivity index (χ2v) is 7.89. The minimum atomic E-state index is 0.246. The van der Waals surface area contributed by atoms with Crippen molar-refractivity contribution in [2.75, 3.05) is 26.2 Å². The van der Waals surface area contributed by atoms with Gasteiger partial charge in [0.25, 0.3) is 0 Å². The van der Waals surface area contributed by atoms with Crippen LogP contribution in [0, 0.1) is 0 Å². The maximum absolute atomic E-state index is 12.4. The Hall–Kier alpha value is -1.63. The zero-order chi connectivity index (χ0) is 18.8. The molecule has 1 atom stereocenters. The van der Waals surface area contributed by atoms with E-state index >= 15 is 0 Å². The number of aliphatic imine (C=N–C) groups is 1. The van der Waals surface area contributed by atoms with Crippen LogP contribution in [0.5, 0.6) is 0 Å². The largest absolute Gasteiger partial charge is 0.357 e. The second-order valence-electron chi connectivity index (χ2n) is 6.69. The van der Waals surface area contributed by atoms with Crippen LogP contribution in [-0.2, 0) is 17.6 Å². The highest BCUT2D eigenvalue weighted by molar-refractivity contribution is 7.11. The summed E-state index contributed by atoms with van der Waals surface area (Å²) in [7, 11) is 0. The Morgan fingerprint density at radius 3 is 2.92 bits per heavy atom. The minimum Gasteiger partial charge on any atom is -0.357 e. The third-order valence-corrected chi connectivity index (χ3v) is 5.85. The van der Waals surface area contributed by atoms with Crippen molar-refractivity contribution in [3.8, 4) is 0 Å². The van der Waals surface area contributed by atoms with E-state index in [0.29, 0.717) is 25.6 Å². The minimum absolute atomic E-state index is 0.246. The standard InChI is InChI=1S/C19H33N5OS/c1-4-16-14-23-17(26-16)9-11-21-19(20-5-2)22-12-10-18(25)24-13-7-6-8-15(24)3/h14-15H,4-13H2,1-3H3,(H2,20,21,22). The number of carbonyl (C=O) groups excluding carboxylic acids is 1. The zero-order valence-electron chi connectivity index (χ0n) is 16.4. The Bertz CT molecular complexity index is 586. The van der Waals surface area contributed by atoms with E-state index in [1.54, 1.807) is 11.3 Å². The molecule has 1 aliphatic heterocycles. The number of hydrogen-bond acceptors (Lipinski definition) is 4. The lowest BCUT2D eigenvalue weighted by Gasteiger charge is -2.33. The van der Waals surface area contributed by atoms with Gasteiger partial charge in [-0.25, -0.2) is 4.98 Å². The lowest BCUT2D eigenvalue weighted by molar-refractivity contribution is -0.134. The number of amides is 1. The van der Waals surface area contributed by atoms with E-state index in [1.165, 1.54) is 11.3 Å². The normalized spacial score (nSPS) is 18.0. The van der Waals surface area contributed by atoms with Crippen LogP contribution in [0.15, 0.2) is 11.2 Å². The molecule has 1 aliphatic rings. The van der Waals surface area contributed by atoms with Crippen molar-refractivity contribution in [2.45, 2.75) is 65.3 Å². The van der Waals surface area contributed by atoms with Gasteiger partial charge in [-0.2, -0.15) is 0 Å². The van der Waals surface area contributed by atoms with E-state index in [9.17, 15) is 4.79 Å². The number of aryl methyl sites for hydroxylation is 1. The first kappa shape index (κ1) is 20.7. The average molecular weight is 380 g/mol. The number of hydrogen-bond donors (Lipinski definition) is 2. The van der Waals surface area contributed by atoms with E-state index in [1.807, 2.05) is 18.0 Å². The zero-order valence-corrected chi connectivity index (χ0v) is 17.2. The molecule has 2 N–H and O–H groups in total. The summed E-state index contributed by atoms with van der Waals surface area (Å²) in [6, 6.07) is 0.379.